The Morgan fingerprint density at radius 1 is 0.647 bits per heavy atom. The molecular weight excluding hydrogens is 827 g/mol. The van der Waals surface area contributed by atoms with Crippen LogP contribution >= 0.6 is 0 Å². The summed E-state index contributed by atoms with van der Waals surface area (Å²) in [5, 5.41) is 16.3. The molecule has 1 aliphatic heterocycles. The second-order valence-electron chi connectivity index (χ2n) is 17.9. The van der Waals surface area contributed by atoms with Crippen molar-refractivity contribution >= 4 is 50.3 Å². The van der Waals surface area contributed by atoms with Crippen molar-refractivity contribution in [2.75, 3.05) is 0 Å². The van der Waals surface area contributed by atoms with Crippen molar-refractivity contribution in [2.24, 2.45) is 28.5 Å². The number of nitrogens with one attached hydrogen (secondary N) is 2. The molecule has 7 aromatic carbocycles. The number of allylic oxidation sites excluding steroid dienone is 9. The first-order chi connectivity index (χ1) is 33.6. The predicted molar refractivity (Wildman–Crippen MR) is 284 cm³/mol. The highest BCUT2D eigenvalue weighted by Crippen LogP contribution is 2.48. The fourth-order valence-corrected chi connectivity index (χ4v) is 10.5. The van der Waals surface area contributed by atoms with Gasteiger partial charge in [-0.3, -0.25) is 5.41 Å². The molecule has 8 aromatic rings. The van der Waals surface area contributed by atoms with Gasteiger partial charge in [0, 0.05) is 56.0 Å². The van der Waals surface area contributed by atoms with Crippen LogP contribution < -0.4 is 11.1 Å². The standard InChI is InChI=1S/C63H53N5/c64-60(46-23-7-2-8-24-46)59(45-21-5-1-6-22-45)62-54-33-14-13-32-53(54)58(61(67-62)47-25-9-3-10-26-47)49-29-19-20-43(42-49)36-41-55(66-63(65)48-27-11-4-12-28-48)44-37-39-50(40-38-44)68-56-34-17-15-30-51(56)52-31-16-18-35-57(52)68/h1-12,14-19,21-31,33-35,37-43,53-54,64,67H,13,20,32,36H2,(H2,65,66)/b55-41-,62-59-,64-60?. The summed E-state index contributed by atoms with van der Waals surface area (Å²) in [6.45, 7) is 0. The van der Waals surface area contributed by atoms with Crippen LogP contribution in [-0.2, 0) is 0 Å². The van der Waals surface area contributed by atoms with Gasteiger partial charge in [0.1, 0.15) is 5.84 Å². The molecule has 0 radical (unpaired) electrons. The highest BCUT2D eigenvalue weighted by Gasteiger charge is 2.39. The van der Waals surface area contributed by atoms with E-state index in [-0.39, 0.29) is 17.8 Å². The molecule has 0 saturated heterocycles. The molecule has 1 aromatic heterocycles. The number of nitrogens with two attached hydrogens (primary N) is 1. The Hall–Kier alpha value is -8.28. The number of aliphatic imine (C=N–C) groups is 1. The average Bonchev–Trinajstić information content (AvgIpc) is 3.75. The van der Waals surface area contributed by atoms with E-state index < -0.39 is 0 Å². The van der Waals surface area contributed by atoms with E-state index in [9.17, 15) is 5.41 Å². The first kappa shape index (κ1) is 42.4. The normalized spacial score (nSPS) is 19.1. The molecule has 0 spiro atoms. The van der Waals surface area contributed by atoms with Crippen molar-refractivity contribution in [3.8, 4) is 5.69 Å². The molecule has 5 heteroatoms. The minimum absolute atomic E-state index is 0.0624. The molecule has 4 N–H and O–H groups in total. The van der Waals surface area contributed by atoms with Crippen molar-refractivity contribution in [3.63, 3.8) is 0 Å². The summed E-state index contributed by atoms with van der Waals surface area (Å²) in [6, 6.07) is 67.4. The quantitative estimate of drug-likeness (QED) is 0.0687. The van der Waals surface area contributed by atoms with Gasteiger partial charge in [-0.25, -0.2) is 4.99 Å². The van der Waals surface area contributed by atoms with Gasteiger partial charge in [-0.1, -0.05) is 206 Å². The number of para-hydroxylation sites is 2. The monoisotopic (exact) mass is 879 g/mol. The van der Waals surface area contributed by atoms with E-state index in [1.165, 1.54) is 33.0 Å². The SMILES string of the molecule is N=C(/C(=C1\NC(c2ccccc2)=C(C2=CC(C/C=C(\N=C(/N)c3ccccc3)c3ccc(-n4c5ccccc5c5ccccc54)cc3)CC=C2)C2CCC=CC12)c1ccccc1)c1ccccc1. The van der Waals surface area contributed by atoms with Crippen LogP contribution in [0.4, 0.5) is 0 Å². The molecule has 68 heavy (non-hydrogen) atoms. The molecule has 0 fully saturated rings. The van der Waals surface area contributed by atoms with Crippen molar-refractivity contribution in [1.29, 1.82) is 5.41 Å². The van der Waals surface area contributed by atoms with E-state index in [0.29, 0.717) is 11.5 Å². The summed E-state index contributed by atoms with van der Waals surface area (Å²) < 4.78 is 2.35. The van der Waals surface area contributed by atoms with Gasteiger partial charge < -0.3 is 15.6 Å². The smallest absolute Gasteiger partial charge is 0.131 e. The van der Waals surface area contributed by atoms with E-state index >= 15 is 0 Å². The number of rotatable bonds is 11. The highest BCUT2D eigenvalue weighted by atomic mass is 15.0. The third kappa shape index (κ3) is 8.28. The Balaban J connectivity index is 0.991. The molecule has 0 amide bonds. The van der Waals surface area contributed by atoms with Crippen molar-refractivity contribution < 1.29 is 0 Å². The van der Waals surface area contributed by atoms with Gasteiger partial charge in [-0.15, -0.1) is 0 Å². The third-order valence-electron chi connectivity index (χ3n) is 13.7. The summed E-state index contributed by atoms with van der Waals surface area (Å²) in [4.78, 5) is 5.15. The molecule has 11 rings (SSSR count). The van der Waals surface area contributed by atoms with Crippen LogP contribution in [0.2, 0.25) is 0 Å². The zero-order valence-corrected chi connectivity index (χ0v) is 38.0. The van der Waals surface area contributed by atoms with Gasteiger partial charge in [0.15, 0.2) is 0 Å². The fraction of sp³-hybridized carbons (Fsp3) is 0.111. The molecule has 5 nitrogen and oxygen atoms in total. The van der Waals surface area contributed by atoms with Crippen LogP contribution in [0.25, 0.3) is 44.5 Å². The predicted octanol–water partition coefficient (Wildman–Crippen LogP) is 14.5. The van der Waals surface area contributed by atoms with Gasteiger partial charge in [-0.2, -0.15) is 0 Å². The minimum atomic E-state index is 0.0624. The maximum atomic E-state index is 9.76. The van der Waals surface area contributed by atoms with Crippen LogP contribution in [0, 0.1) is 23.2 Å². The van der Waals surface area contributed by atoms with Crippen LogP contribution in [0.1, 0.15) is 53.5 Å². The lowest BCUT2D eigenvalue weighted by Gasteiger charge is -2.41. The number of aromatic nitrogens is 1. The maximum Gasteiger partial charge on any atom is 0.131 e. The molecule has 330 valence electrons. The van der Waals surface area contributed by atoms with E-state index in [1.807, 2.05) is 66.7 Å². The average molecular weight is 880 g/mol. The zero-order chi connectivity index (χ0) is 45.8. The van der Waals surface area contributed by atoms with Crippen molar-refractivity contribution in [3.05, 3.63) is 275 Å². The van der Waals surface area contributed by atoms with Crippen LogP contribution in [0.5, 0.6) is 0 Å². The van der Waals surface area contributed by atoms with Crippen LogP contribution in [0.3, 0.4) is 0 Å². The molecule has 0 bridgehead atoms. The number of amidine groups is 1. The third-order valence-corrected chi connectivity index (χ3v) is 13.7. The summed E-state index contributed by atoms with van der Waals surface area (Å²) in [6.07, 6.45) is 17.9. The lowest BCUT2D eigenvalue weighted by molar-refractivity contribution is 0.435. The number of fused-ring (bicyclic) bond motifs is 4. The van der Waals surface area contributed by atoms with E-state index in [0.717, 1.165) is 81.9 Å². The molecule has 2 heterocycles. The fourth-order valence-electron chi connectivity index (χ4n) is 10.5. The van der Waals surface area contributed by atoms with E-state index in [2.05, 4.69) is 174 Å². The topological polar surface area (TPSA) is 79.2 Å². The Bertz CT molecular complexity index is 3310. The molecule has 3 atom stereocenters. The number of benzene rings is 7. The Kier molecular flexibility index (Phi) is 11.8. The second kappa shape index (κ2) is 18.9. The molecule has 3 unspecified atom stereocenters. The molecule has 2 aliphatic carbocycles. The number of nitrogens with zero attached hydrogens (tertiary/aromatic N) is 2. The van der Waals surface area contributed by atoms with Gasteiger partial charge in [0.25, 0.3) is 0 Å². The zero-order valence-electron chi connectivity index (χ0n) is 38.0. The summed E-state index contributed by atoms with van der Waals surface area (Å²) in [5.74, 6) is 0.995. The Morgan fingerprint density at radius 2 is 1.24 bits per heavy atom. The Morgan fingerprint density at radius 3 is 1.90 bits per heavy atom. The lowest BCUT2D eigenvalue weighted by atomic mass is 9.69. The highest BCUT2D eigenvalue weighted by molar-refractivity contribution is 6.31. The molecule has 0 saturated carbocycles. The molecule has 3 aliphatic rings. The first-order valence-corrected chi connectivity index (χ1v) is 23.8. The van der Waals surface area contributed by atoms with Gasteiger partial charge in [-0.05, 0) is 84.1 Å². The van der Waals surface area contributed by atoms with Crippen LogP contribution in [-0.4, -0.2) is 16.1 Å². The minimum Gasteiger partial charge on any atom is -0.383 e. The summed E-state index contributed by atoms with van der Waals surface area (Å²) in [5.41, 5.74) is 22.3. The summed E-state index contributed by atoms with van der Waals surface area (Å²) in [7, 11) is 0. The van der Waals surface area contributed by atoms with Crippen LogP contribution in [0.15, 0.2) is 252 Å². The van der Waals surface area contributed by atoms with Crippen molar-refractivity contribution in [2.45, 2.75) is 25.7 Å². The number of hydrogen-bond acceptors (Lipinski definition) is 3. The maximum absolute atomic E-state index is 9.76. The second-order valence-corrected chi connectivity index (χ2v) is 17.9. The number of hydrogen-bond donors (Lipinski definition) is 3. The van der Waals surface area contributed by atoms with E-state index in [4.69, 9.17) is 10.7 Å². The summed E-state index contributed by atoms with van der Waals surface area (Å²) >= 11 is 0. The first-order valence-electron chi connectivity index (χ1n) is 23.8. The largest absolute Gasteiger partial charge is 0.383 e. The van der Waals surface area contributed by atoms with Gasteiger partial charge in [0.2, 0.25) is 0 Å². The lowest BCUT2D eigenvalue weighted by Crippen LogP contribution is -2.36. The van der Waals surface area contributed by atoms with Gasteiger partial charge >= 0.3 is 0 Å². The van der Waals surface area contributed by atoms with Crippen molar-refractivity contribution in [1.82, 2.24) is 9.88 Å². The molecular formula is C63H53N5. The Labute approximate surface area is 398 Å². The van der Waals surface area contributed by atoms with Gasteiger partial charge in [0.05, 0.1) is 22.4 Å². The van der Waals surface area contributed by atoms with E-state index in [1.54, 1.807) is 0 Å².